The van der Waals surface area contributed by atoms with Crippen LogP contribution in [-0.2, 0) is 10.2 Å². The topological polar surface area (TPSA) is 32.3 Å². The van der Waals surface area contributed by atoms with Crippen molar-refractivity contribution in [3.05, 3.63) is 70.3 Å². The number of nitrogens with one attached hydrogen (secondary N) is 1. The van der Waals surface area contributed by atoms with Crippen LogP contribution in [0.2, 0.25) is 5.02 Å². The van der Waals surface area contributed by atoms with E-state index in [2.05, 4.69) is 61.3 Å². The maximum Gasteiger partial charge on any atom is 0.223 e. The molecule has 4 rings (SSSR count). The lowest BCUT2D eigenvalue weighted by Crippen LogP contribution is -2.68. The van der Waals surface area contributed by atoms with Crippen LogP contribution >= 0.6 is 11.6 Å². The second-order valence-electron chi connectivity index (χ2n) is 7.75. The number of hydrogen-bond acceptors (Lipinski definition) is 2. The summed E-state index contributed by atoms with van der Waals surface area (Å²) in [6.07, 6.45) is 4.73. The Morgan fingerprint density at radius 2 is 1.88 bits per heavy atom. The molecule has 1 unspecified atom stereocenters. The van der Waals surface area contributed by atoms with E-state index in [9.17, 15) is 4.79 Å². The Morgan fingerprint density at radius 3 is 2.62 bits per heavy atom. The first-order chi connectivity index (χ1) is 12.3. The number of anilines is 1. The number of amides is 1. The normalized spacial score (nSPS) is 23.7. The van der Waals surface area contributed by atoms with Gasteiger partial charge in [0, 0.05) is 29.1 Å². The van der Waals surface area contributed by atoms with Crippen LogP contribution in [0.25, 0.3) is 6.08 Å². The van der Waals surface area contributed by atoms with Gasteiger partial charge in [-0.1, -0.05) is 61.4 Å². The van der Waals surface area contributed by atoms with Gasteiger partial charge in [0.25, 0.3) is 0 Å². The van der Waals surface area contributed by atoms with E-state index in [0.29, 0.717) is 6.42 Å². The van der Waals surface area contributed by atoms with E-state index in [1.54, 1.807) is 0 Å². The maximum atomic E-state index is 12.4. The van der Waals surface area contributed by atoms with E-state index in [4.69, 9.17) is 11.6 Å². The van der Waals surface area contributed by atoms with E-state index < -0.39 is 5.66 Å². The van der Waals surface area contributed by atoms with Gasteiger partial charge < -0.3 is 10.2 Å². The highest BCUT2D eigenvalue weighted by Crippen LogP contribution is 2.52. The summed E-state index contributed by atoms with van der Waals surface area (Å²) >= 11 is 6.00. The number of aryl methyl sites for hydroxylation is 1. The number of nitrogens with zero attached hydrogens (tertiary/aromatic N) is 1. The van der Waals surface area contributed by atoms with Crippen molar-refractivity contribution >= 4 is 29.3 Å². The predicted octanol–water partition coefficient (Wildman–Crippen LogP) is 4.68. The molecule has 1 N–H and O–H groups in total. The Labute approximate surface area is 159 Å². The van der Waals surface area contributed by atoms with Crippen LogP contribution in [-0.4, -0.2) is 18.1 Å². The van der Waals surface area contributed by atoms with Gasteiger partial charge >= 0.3 is 0 Å². The quantitative estimate of drug-likeness (QED) is 0.837. The molecule has 0 bridgehead atoms. The minimum absolute atomic E-state index is 0.0969. The van der Waals surface area contributed by atoms with Crippen molar-refractivity contribution in [2.45, 2.75) is 38.3 Å². The molecule has 4 heteroatoms. The number of hydrogen-bond donors (Lipinski definition) is 1. The van der Waals surface area contributed by atoms with Crippen molar-refractivity contribution < 1.29 is 4.79 Å². The smallest absolute Gasteiger partial charge is 0.223 e. The first-order valence-corrected chi connectivity index (χ1v) is 9.36. The Morgan fingerprint density at radius 1 is 1.15 bits per heavy atom. The number of halogens is 1. The minimum Gasteiger partial charge on any atom is -0.344 e. The van der Waals surface area contributed by atoms with E-state index in [-0.39, 0.29) is 11.3 Å². The largest absolute Gasteiger partial charge is 0.344 e. The molecule has 0 aliphatic carbocycles. The fourth-order valence-corrected chi connectivity index (χ4v) is 4.38. The van der Waals surface area contributed by atoms with Crippen molar-refractivity contribution in [3.8, 4) is 0 Å². The van der Waals surface area contributed by atoms with Crippen molar-refractivity contribution in [1.82, 2.24) is 5.32 Å². The van der Waals surface area contributed by atoms with E-state index >= 15 is 0 Å². The van der Waals surface area contributed by atoms with Crippen LogP contribution in [0.3, 0.4) is 0 Å². The highest BCUT2D eigenvalue weighted by Gasteiger charge is 2.57. The number of rotatable bonds is 2. The minimum atomic E-state index is -0.571. The molecule has 0 radical (unpaired) electrons. The van der Waals surface area contributed by atoms with Gasteiger partial charge in [-0.2, -0.15) is 0 Å². The highest BCUT2D eigenvalue weighted by molar-refractivity contribution is 6.30. The van der Waals surface area contributed by atoms with Crippen LogP contribution in [0.5, 0.6) is 0 Å². The second kappa shape index (κ2) is 5.88. The molecule has 2 aliphatic rings. The standard InChI is InChI=1S/C22H23ClN2O/c1-15-4-9-19-18(14-15)21(2,3)22(24-20(26)11-13-25(19)22)12-10-16-5-7-17(23)8-6-16/h4-10,12,14H,11,13H2,1-3H3,(H,24,26). The van der Waals surface area contributed by atoms with Crippen LogP contribution in [0.1, 0.15) is 37.0 Å². The zero-order valence-electron chi connectivity index (χ0n) is 15.3. The molecule has 0 saturated carbocycles. The molecule has 2 aromatic rings. The Balaban J connectivity index is 1.84. The Hall–Kier alpha value is -2.26. The summed E-state index contributed by atoms with van der Waals surface area (Å²) in [4.78, 5) is 14.7. The summed E-state index contributed by atoms with van der Waals surface area (Å²) < 4.78 is 0. The lowest BCUT2D eigenvalue weighted by atomic mass is 9.74. The summed E-state index contributed by atoms with van der Waals surface area (Å²) in [7, 11) is 0. The van der Waals surface area contributed by atoms with Gasteiger partial charge in [0.2, 0.25) is 5.91 Å². The van der Waals surface area contributed by atoms with Crippen LogP contribution < -0.4 is 10.2 Å². The molecular weight excluding hydrogens is 344 g/mol. The molecular formula is C22H23ClN2O. The molecule has 1 saturated heterocycles. The Kier molecular flexibility index (Phi) is 3.89. The summed E-state index contributed by atoms with van der Waals surface area (Å²) in [6, 6.07) is 14.3. The number of carbonyl (C=O) groups is 1. The number of carbonyl (C=O) groups excluding carboxylic acids is 1. The summed E-state index contributed by atoms with van der Waals surface area (Å²) in [6.45, 7) is 7.25. The monoisotopic (exact) mass is 366 g/mol. The van der Waals surface area contributed by atoms with Crippen LogP contribution in [0.15, 0.2) is 48.5 Å². The Bertz CT molecular complexity index is 901. The van der Waals surface area contributed by atoms with Crippen LogP contribution in [0, 0.1) is 6.92 Å². The first kappa shape index (κ1) is 17.2. The first-order valence-electron chi connectivity index (χ1n) is 8.98. The average molecular weight is 367 g/mol. The zero-order valence-corrected chi connectivity index (χ0v) is 16.1. The third kappa shape index (κ3) is 2.45. The second-order valence-corrected chi connectivity index (χ2v) is 8.18. The van der Waals surface area contributed by atoms with E-state index in [1.807, 2.05) is 24.3 Å². The molecule has 2 heterocycles. The maximum absolute atomic E-state index is 12.4. The third-order valence-corrected chi connectivity index (χ3v) is 6.03. The third-order valence-electron chi connectivity index (χ3n) is 5.77. The fourth-order valence-electron chi connectivity index (χ4n) is 4.26. The van der Waals surface area contributed by atoms with E-state index in [0.717, 1.165) is 17.1 Å². The average Bonchev–Trinajstić information content (AvgIpc) is 2.79. The van der Waals surface area contributed by atoms with Gasteiger partial charge in [-0.25, -0.2) is 0 Å². The lowest BCUT2D eigenvalue weighted by Gasteiger charge is -2.49. The molecule has 1 fully saturated rings. The van der Waals surface area contributed by atoms with Gasteiger partial charge in [0.1, 0.15) is 5.66 Å². The molecule has 134 valence electrons. The van der Waals surface area contributed by atoms with Crippen LogP contribution in [0.4, 0.5) is 5.69 Å². The van der Waals surface area contributed by atoms with Gasteiger partial charge in [-0.3, -0.25) is 4.79 Å². The molecule has 2 aliphatic heterocycles. The summed E-state index contributed by atoms with van der Waals surface area (Å²) in [5.41, 5.74) is 3.96. The molecule has 26 heavy (non-hydrogen) atoms. The molecule has 2 aromatic carbocycles. The molecule has 0 spiro atoms. The van der Waals surface area contributed by atoms with Crippen molar-refractivity contribution in [3.63, 3.8) is 0 Å². The van der Waals surface area contributed by atoms with Gasteiger partial charge in [0.05, 0.1) is 0 Å². The van der Waals surface area contributed by atoms with Gasteiger partial charge in [0.15, 0.2) is 0 Å². The summed E-state index contributed by atoms with van der Waals surface area (Å²) in [5, 5.41) is 4.02. The van der Waals surface area contributed by atoms with Crippen molar-refractivity contribution in [2.75, 3.05) is 11.4 Å². The number of fused-ring (bicyclic) bond motifs is 3. The molecule has 1 atom stereocenters. The van der Waals surface area contributed by atoms with Gasteiger partial charge in [-0.05, 0) is 42.3 Å². The van der Waals surface area contributed by atoms with Crippen molar-refractivity contribution in [2.24, 2.45) is 0 Å². The fraction of sp³-hybridized carbons (Fsp3) is 0.318. The molecule has 0 aromatic heterocycles. The van der Waals surface area contributed by atoms with Gasteiger partial charge in [-0.15, -0.1) is 0 Å². The zero-order chi connectivity index (χ0) is 18.5. The highest BCUT2D eigenvalue weighted by atomic mass is 35.5. The number of benzene rings is 2. The SMILES string of the molecule is Cc1ccc2c(c1)C(C)(C)C1(C=Cc3ccc(Cl)cc3)NC(=O)CCN21. The molecule has 1 amide bonds. The lowest BCUT2D eigenvalue weighted by molar-refractivity contribution is -0.124. The van der Waals surface area contributed by atoms with Crippen molar-refractivity contribution in [1.29, 1.82) is 0 Å². The molecule has 3 nitrogen and oxygen atoms in total. The predicted molar refractivity (Wildman–Crippen MR) is 108 cm³/mol. The summed E-state index contributed by atoms with van der Waals surface area (Å²) in [5.74, 6) is 0.0969. The van der Waals surface area contributed by atoms with E-state index in [1.165, 1.54) is 16.8 Å².